The number of pyridine rings is 1. The lowest BCUT2D eigenvalue weighted by atomic mass is 9.68. The van der Waals surface area contributed by atoms with E-state index in [4.69, 9.17) is 10.5 Å². The molecule has 1 aromatic rings. The molecule has 0 aromatic carbocycles. The number of hydrogen-bond acceptors (Lipinski definition) is 6. The van der Waals surface area contributed by atoms with E-state index in [9.17, 15) is 4.79 Å². The number of ether oxygens (including phenoxy) is 2. The smallest absolute Gasteiger partial charge is 0.356 e. The van der Waals surface area contributed by atoms with Crippen molar-refractivity contribution in [2.45, 2.75) is 31.0 Å². The van der Waals surface area contributed by atoms with E-state index in [1.54, 1.807) is 12.3 Å². The minimum atomic E-state index is -0.446. The summed E-state index contributed by atoms with van der Waals surface area (Å²) in [5.41, 5.74) is 7.30. The molecule has 0 radical (unpaired) electrons. The number of methoxy groups -OCH3 is 1. The summed E-state index contributed by atoms with van der Waals surface area (Å²) in [6.45, 7) is 0.801. The molecule has 1 saturated carbocycles. The van der Waals surface area contributed by atoms with Gasteiger partial charge in [-0.1, -0.05) is 0 Å². The van der Waals surface area contributed by atoms with Gasteiger partial charge in [0.2, 0.25) is 0 Å². The first-order valence-corrected chi connectivity index (χ1v) is 6.89. The van der Waals surface area contributed by atoms with Crippen LogP contribution in [0.3, 0.4) is 0 Å². The third-order valence-electron chi connectivity index (χ3n) is 4.16. The summed E-state index contributed by atoms with van der Waals surface area (Å²) in [5, 5.41) is 3.35. The van der Waals surface area contributed by atoms with Crippen molar-refractivity contribution in [1.82, 2.24) is 4.98 Å². The second-order valence-electron chi connectivity index (χ2n) is 5.31. The van der Waals surface area contributed by atoms with Crippen LogP contribution in [0.1, 0.15) is 23.3 Å². The first-order chi connectivity index (χ1) is 9.70. The molecule has 6 nitrogen and oxygen atoms in total. The van der Waals surface area contributed by atoms with Gasteiger partial charge in [-0.3, -0.25) is 0 Å². The van der Waals surface area contributed by atoms with Gasteiger partial charge in [0.05, 0.1) is 19.3 Å². The van der Waals surface area contributed by atoms with Gasteiger partial charge in [0.25, 0.3) is 0 Å². The van der Waals surface area contributed by atoms with Gasteiger partial charge >= 0.3 is 5.97 Å². The lowest BCUT2D eigenvalue weighted by Crippen LogP contribution is -2.69. The number of rotatable bonds is 3. The van der Waals surface area contributed by atoms with E-state index >= 15 is 0 Å². The predicted molar refractivity (Wildman–Crippen MR) is 73.4 cm³/mol. The molecule has 1 saturated heterocycles. The van der Waals surface area contributed by atoms with Gasteiger partial charge < -0.3 is 20.5 Å². The van der Waals surface area contributed by atoms with E-state index < -0.39 is 5.97 Å². The van der Waals surface area contributed by atoms with Crippen molar-refractivity contribution in [3.63, 3.8) is 0 Å². The fraction of sp³-hybridized carbons (Fsp3) is 0.571. The number of nitrogens with one attached hydrogen (secondary N) is 1. The summed E-state index contributed by atoms with van der Waals surface area (Å²) in [6, 6.07) is 3.67. The van der Waals surface area contributed by atoms with Crippen molar-refractivity contribution in [3.05, 3.63) is 24.0 Å². The monoisotopic (exact) mass is 277 g/mol. The van der Waals surface area contributed by atoms with Crippen LogP contribution in [0.25, 0.3) is 0 Å². The topological polar surface area (TPSA) is 86.5 Å². The molecule has 20 heavy (non-hydrogen) atoms. The Labute approximate surface area is 117 Å². The number of hydrogen-bond donors (Lipinski definition) is 2. The molecule has 4 atom stereocenters. The molecule has 6 heteroatoms. The number of esters is 1. The summed E-state index contributed by atoms with van der Waals surface area (Å²) >= 11 is 0. The van der Waals surface area contributed by atoms with Gasteiger partial charge in [0, 0.05) is 30.5 Å². The van der Waals surface area contributed by atoms with Crippen LogP contribution in [0.4, 0.5) is 5.69 Å². The highest BCUT2D eigenvalue weighted by atomic mass is 16.5. The fourth-order valence-electron chi connectivity index (χ4n) is 3.05. The zero-order valence-corrected chi connectivity index (χ0v) is 11.4. The van der Waals surface area contributed by atoms with Gasteiger partial charge in [0.15, 0.2) is 0 Å². The Morgan fingerprint density at radius 3 is 3.25 bits per heavy atom. The van der Waals surface area contributed by atoms with Gasteiger partial charge in [-0.05, 0) is 25.0 Å². The Balaban J connectivity index is 1.70. The van der Waals surface area contributed by atoms with Crippen LogP contribution in [0.2, 0.25) is 0 Å². The summed E-state index contributed by atoms with van der Waals surface area (Å²) in [7, 11) is 1.34. The molecule has 0 spiro atoms. The largest absolute Gasteiger partial charge is 0.464 e. The Morgan fingerprint density at radius 2 is 2.45 bits per heavy atom. The average molecular weight is 277 g/mol. The molecule has 0 amide bonds. The van der Waals surface area contributed by atoms with Gasteiger partial charge in [-0.2, -0.15) is 0 Å². The highest BCUT2D eigenvalue weighted by Crippen LogP contribution is 2.38. The summed E-state index contributed by atoms with van der Waals surface area (Å²) in [6.07, 6.45) is 3.98. The molecule has 3 N–H and O–H groups in total. The van der Waals surface area contributed by atoms with Crippen LogP contribution in [-0.2, 0) is 9.47 Å². The number of carbonyl (C=O) groups is 1. The summed E-state index contributed by atoms with van der Waals surface area (Å²) < 4.78 is 10.4. The second-order valence-corrected chi connectivity index (χ2v) is 5.31. The number of nitrogens with zero attached hydrogens (tertiary/aromatic N) is 1. The average Bonchev–Trinajstić information content (AvgIpc) is 2.51. The third-order valence-corrected chi connectivity index (χ3v) is 4.16. The van der Waals surface area contributed by atoms with Crippen LogP contribution < -0.4 is 11.1 Å². The maximum absolute atomic E-state index is 11.5. The highest BCUT2D eigenvalue weighted by Gasteiger charge is 2.50. The normalized spacial score (nSPS) is 31.9. The first-order valence-electron chi connectivity index (χ1n) is 6.89. The molecule has 3 rings (SSSR count). The Morgan fingerprint density at radius 1 is 1.60 bits per heavy atom. The van der Waals surface area contributed by atoms with Crippen LogP contribution in [0.15, 0.2) is 18.3 Å². The van der Waals surface area contributed by atoms with Crippen LogP contribution in [0, 0.1) is 5.92 Å². The molecule has 2 aliphatic rings. The SMILES string of the molecule is COC(=O)c1cc(NC2C(N)C3CCCOC32)ccn1. The number of carbonyl (C=O) groups excluding carboxylic acids is 1. The maximum atomic E-state index is 11.5. The summed E-state index contributed by atoms with van der Waals surface area (Å²) in [5.74, 6) is 0.00140. The van der Waals surface area contributed by atoms with E-state index in [1.807, 2.05) is 6.07 Å². The lowest BCUT2D eigenvalue weighted by Gasteiger charge is -2.52. The first kappa shape index (κ1) is 13.3. The molecule has 4 unspecified atom stereocenters. The Hall–Kier alpha value is -1.66. The van der Waals surface area contributed by atoms with Crippen LogP contribution in [-0.4, -0.2) is 42.9 Å². The minimum absolute atomic E-state index is 0.0909. The van der Waals surface area contributed by atoms with E-state index in [0.717, 1.165) is 25.1 Å². The zero-order chi connectivity index (χ0) is 14.1. The molecular formula is C14H19N3O3. The molecule has 1 aliphatic carbocycles. The molecule has 2 heterocycles. The van der Waals surface area contributed by atoms with E-state index in [2.05, 4.69) is 15.0 Å². The fourth-order valence-corrected chi connectivity index (χ4v) is 3.05. The Kier molecular flexibility index (Phi) is 3.58. The van der Waals surface area contributed by atoms with Crippen LogP contribution >= 0.6 is 0 Å². The number of fused-ring (bicyclic) bond motifs is 1. The van der Waals surface area contributed by atoms with E-state index in [-0.39, 0.29) is 23.9 Å². The number of anilines is 1. The zero-order valence-electron chi connectivity index (χ0n) is 11.4. The predicted octanol–water partition coefficient (Wildman–Crippen LogP) is 0.785. The molecule has 0 bridgehead atoms. The molecule has 108 valence electrons. The van der Waals surface area contributed by atoms with E-state index in [1.165, 1.54) is 7.11 Å². The van der Waals surface area contributed by atoms with E-state index in [0.29, 0.717) is 5.92 Å². The lowest BCUT2D eigenvalue weighted by molar-refractivity contribution is -0.104. The molecular weight excluding hydrogens is 258 g/mol. The standard InChI is InChI=1S/C14H19N3O3/c1-19-14(18)10-7-8(4-5-16-10)17-12-11(15)9-3-2-6-20-13(9)12/h4-5,7,9,11-13H,2-3,6,15H2,1H3,(H,16,17). The molecule has 2 fully saturated rings. The van der Waals surface area contributed by atoms with Crippen LogP contribution in [0.5, 0.6) is 0 Å². The van der Waals surface area contributed by atoms with Crippen molar-refractivity contribution < 1.29 is 14.3 Å². The van der Waals surface area contributed by atoms with Crippen molar-refractivity contribution >= 4 is 11.7 Å². The molecule has 1 aliphatic heterocycles. The van der Waals surface area contributed by atoms with Gasteiger partial charge in [-0.15, -0.1) is 0 Å². The van der Waals surface area contributed by atoms with Crippen molar-refractivity contribution in [2.75, 3.05) is 19.0 Å². The van der Waals surface area contributed by atoms with Crippen molar-refractivity contribution in [3.8, 4) is 0 Å². The number of aromatic nitrogens is 1. The van der Waals surface area contributed by atoms with Gasteiger partial charge in [-0.25, -0.2) is 9.78 Å². The quantitative estimate of drug-likeness (QED) is 0.794. The Bertz CT molecular complexity index is 508. The third kappa shape index (κ3) is 2.25. The second kappa shape index (κ2) is 5.38. The van der Waals surface area contributed by atoms with Gasteiger partial charge in [0.1, 0.15) is 5.69 Å². The van der Waals surface area contributed by atoms with Crippen molar-refractivity contribution in [2.24, 2.45) is 11.7 Å². The number of nitrogens with two attached hydrogens (primary N) is 1. The highest BCUT2D eigenvalue weighted by molar-refractivity contribution is 5.88. The summed E-state index contributed by atoms with van der Waals surface area (Å²) in [4.78, 5) is 15.5. The molecule has 1 aromatic heterocycles. The van der Waals surface area contributed by atoms with Crippen molar-refractivity contribution in [1.29, 1.82) is 0 Å². The maximum Gasteiger partial charge on any atom is 0.356 e. The minimum Gasteiger partial charge on any atom is -0.464 e.